The smallest absolute Gasteiger partial charge is 0.165 e. The Balaban J connectivity index is 1.95. The van der Waals surface area contributed by atoms with E-state index in [9.17, 15) is 4.79 Å². The maximum atomic E-state index is 12.3. The average Bonchev–Trinajstić information content (AvgIpc) is 2.49. The summed E-state index contributed by atoms with van der Waals surface area (Å²) in [6.45, 7) is 1.92. The summed E-state index contributed by atoms with van der Waals surface area (Å²) >= 11 is 12.0. The molecule has 3 nitrogen and oxygen atoms in total. The van der Waals surface area contributed by atoms with E-state index in [-0.39, 0.29) is 12.4 Å². The summed E-state index contributed by atoms with van der Waals surface area (Å²) in [5, 5.41) is 9.89. The van der Waals surface area contributed by atoms with Gasteiger partial charge in [0.15, 0.2) is 5.78 Å². The Hall–Kier alpha value is -0.610. The predicted molar refractivity (Wildman–Crippen MR) is 86.3 cm³/mol. The molecule has 21 heavy (non-hydrogen) atoms. The van der Waals surface area contributed by atoms with Crippen LogP contribution in [0.25, 0.3) is 0 Å². The number of hydrogen-bond acceptors (Lipinski definition) is 3. The molecule has 0 bridgehead atoms. The zero-order valence-corrected chi connectivity index (χ0v) is 13.5. The summed E-state index contributed by atoms with van der Waals surface area (Å²) < 4.78 is 0. The van der Waals surface area contributed by atoms with E-state index >= 15 is 0 Å². The number of halogens is 2. The molecule has 1 unspecified atom stereocenters. The third-order valence-corrected chi connectivity index (χ3v) is 4.91. The van der Waals surface area contributed by atoms with Crippen molar-refractivity contribution in [3.63, 3.8) is 0 Å². The van der Waals surface area contributed by atoms with Crippen LogP contribution in [-0.2, 0) is 0 Å². The van der Waals surface area contributed by atoms with Crippen LogP contribution in [0.15, 0.2) is 18.2 Å². The summed E-state index contributed by atoms with van der Waals surface area (Å²) in [7, 11) is 0. The van der Waals surface area contributed by atoms with E-state index in [4.69, 9.17) is 28.3 Å². The van der Waals surface area contributed by atoms with Gasteiger partial charge in [0.25, 0.3) is 0 Å². The molecule has 0 radical (unpaired) electrons. The van der Waals surface area contributed by atoms with Gasteiger partial charge in [-0.2, -0.15) is 0 Å². The summed E-state index contributed by atoms with van der Waals surface area (Å²) in [5.41, 5.74) is 0.500. The van der Waals surface area contributed by atoms with E-state index in [0.717, 1.165) is 25.8 Å². The lowest BCUT2D eigenvalue weighted by atomic mass is 9.98. The Labute approximate surface area is 135 Å². The van der Waals surface area contributed by atoms with Gasteiger partial charge in [-0.15, -0.1) is 0 Å². The third-order valence-electron chi connectivity index (χ3n) is 4.09. The molecule has 0 aliphatic carbocycles. The minimum atomic E-state index is 0.0239. The number of carbonyl (C=O) groups is 1. The number of carbonyl (C=O) groups excluding carboxylic acids is 1. The molecule has 2 rings (SSSR count). The highest BCUT2D eigenvalue weighted by molar-refractivity contribution is 6.43. The molecule has 1 heterocycles. The van der Waals surface area contributed by atoms with Crippen LogP contribution in [0.2, 0.25) is 10.0 Å². The van der Waals surface area contributed by atoms with E-state index in [1.165, 1.54) is 6.42 Å². The van der Waals surface area contributed by atoms with Crippen molar-refractivity contribution in [1.82, 2.24) is 4.90 Å². The van der Waals surface area contributed by atoms with Crippen molar-refractivity contribution in [3.8, 4) is 0 Å². The molecule has 1 aromatic rings. The highest BCUT2D eigenvalue weighted by Crippen LogP contribution is 2.27. The first-order chi connectivity index (χ1) is 10.1. The molecule has 1 aromatic carbocycles. The normalized spacial score (nSPS) is 19.7. The summed E-state index contributed by atoms with van der Waals surface area (Å²) in [5.74, 6) is 0.0239. The number of aliphatic hydroxyl groups excluding tert-OH is 1. The van der Waals surface area contributed by atoms with Gasteiger partial charge in [-0.25, -0.2) is 0 Å². The molecule has 1 N–H and O–H groups in total. The number of benzene rings is 1. The highest BCUT2D eigenvalue weighted by atomic mass is 35.5. The van der Waals surface area contributed by atoms with E-state index < -0.39 is 0 Å². The van der Waals surface area contributed by atoms with Crippen molar-refractivity contribution in [2.45, 2.75) is 38.1 Å². The van der Waals surface area contributed by atoms with Crippen molar-refractivity contribution in [2.75, 3.05) is 19.7 Å². The first-order valence-electron chi connectivity index (χ1n) is 7.45. The fourth-order valence-corrected chi connectivity index (χ4v) is 3.34. The van der Waals surface area contributed by atoms with Crippen molar-refractivity contribution < 1.29 is 9.90 Å². The molecule has 0 saturated carbocycles. The summed E-state index contributed by atoms with van der Waals surface area (Å²) in [6, 6.07) is 5.55. The number of aliphatic hydroxyl groups is 1. The van der Waals surface area contributed by atoms with Gasteiger partial charge in [-0.3, -0.25) is 9.69 Å². The quantitative estimate of drug-likeness (QED) is 0.807. The number of likely N-dealkylation sites (tertiary alicyclic amines) is 1. The number of piperidine rings is 1. The molecular formula is C16H21Cl2NO2. The van der Waals surface area contributed by atoms with Crippen LogP contribution in [0.4, 0.5) is 0 Å². The highest BCUT2D eigenvalue weighted by Gasteiger charge is 2.23. The van der Waals surface area contributed by atoms with Gasteiger partial charge in [-0.1, -0.05) is 35.7 Å². The summed E-state index contributed by atoms with van der Waals surface area (Å²) in [6.07, 6.45) is 4.68. The van der Waals surface area contributed by atoms with Gasteiger partial charge in [0.2, 0.25) is 0 Å². The molecule has 1 saturated heterocycles. The maximum Gasteiger partial charge on any atom is 0.165 e. The van der Waals surface area contributed by atoms with Gasteiger partial charge in [0, 0.05) is 31.2 Å². The van der Waals surface area contributed by atoms with E-state index in [2.05, 4.69) is 4.90 Å². The molecule has 116 valence electrons. The molecule has 1 atom stereocenters. The van der Waals surface area contributed by atoms with Crippen molar-refractivity contribution in [1.29, 1.82) is 0 Å². The topological polar surface area (TPSA) is 40.5 Å². The maximum absolute atomic E-state index is 12.3. The van der Waals surface area contributed by atoms with Gasteiger partial charge in [-0.05, 0) is 37.9 Å². The van der Waals surface area contributed by atoms with Gasteiger partial charge in [0.1, 0.15) is 0 Å². The van der Waals surface area contributed by atoms with Crippen LogP contribution in [0.1, 0.15) is 42.5 Å². The second-order valence-corrected chi connectivity index (χ2v) is 6.26. The average molecular weight is 330 g/mol. The lowest BCUT2D eigenvalue weighted by Gasteiger charge is -2.35. The predicted octanol–water partition coefficient (Wildman–Crippen LogP) is 3.80. The standard InChI is InChI=1S/C16H21Cl2NO2/c17-14-6-3-5-13(16(14)18)15(21)7-10-19-9-2-1-4-12(19)8-11-20/h3,5-6,12,20H,1-2,4,7-11H2. The second-order valence-electron chi connectivity index (χ2n) is 5.47. The third kappa shape index (κ3) is 4.43. The van der Waals surface area contributed by atoms with Gasteiger partial charge in [0.05, 0.1) is 10.0 Å². The van der Waals surface area contributed by atoms with Crippen LogP contribution in [0, 0.1) is 0 Å². The first-order valence-corrected chi connectivity index (χ1v) is 8.21. The molecule has 5 heteroatoms. The van der Waals surface area contributed by atoms with Crippen LogP contribution in [0.3, 0.4) is 0 Å². The largest absolute Gasteiger partial charge is 0.396 e. The van der Waals surface area contributed by atoms with Gasteiger partial charge >= 0.3 is 0 Å². The number of rotatable bonds is 6. The number of Topliss-reactive ketones (excluding diaryl/α,β-unsaturated/α-hetero) is 1. The molecule has 1 aliphatic heterocycles. The zero-order valence-electron chi connectivity index (χ0n) is 12.0. The Kier molecular flexibility index (Phi) is 6.49. The van der Waals surface area contributed by atoms with Crippen molar-refractivity contribution in [3.05, 3.63) is 33.8 Å². The Bertz CT molecular complexity index is 491. The monoisotopic (exact) mass is 329 g/mol. The van der Waals surface area contributed by atoms with Crippen molar-refractivity contribution >= 4 is 29.0 Å². The Morgan fingerprint density at radius 3 is 2.90 bits per heavy atom. The minimum Gasteiger partial charge on any atom is -0.396 e. The first kappa shape index (κ1) is 16.8. The van der Waals surface area contributed by atoms with Gasteiger partial charge < -0.3 is 5.11 Å². The Morgan fingerprint density at radius 1 is 1.33 bits per heavy atom. The number of ketones is 1. The molecule has 0 aromatic heterocycles. The van der Waals surface area contributed by atoms with E-state index in [1.54, 1.807) is 18.2 Å². The molecule has 1 aliphatic rings. The minimum absolute atomic E-state index is 0.0239. The fraction of sp³-hybridized carbons (Fsp3) is 0.562. The molecule has 1 fully saturated rings. The SMILES string of the molecule is O=C(CCN1CCCCC1CCO)c1cccc(Cl)c1Cl. The molecular weight excluding hydrogens is 309 g/mol. The van der Waals surface area contributed by atoms with Crippen LogP contribution < -0.4 is 0 Å². The number of hydrogen-bond donors (Lipinski definition) is 1. The summed E-state index contributed by atoms with van der Waals surface area (Å²) in [4.78, 5) is 14.6. The number of nitrogens with zero attached hydrogens (tertiary/aromatic N) is 1. The van der Waals surface area contributed by atoms with Crippen LogP contribution >= 0.6 is 23.2 Å². The fourth-order valence-electron chi connectivity index (χ4n) is 2.93. The molecule has 0 amide bonds. The van der Waals surface area contributed by atoms with Crippen molar-refractivity contribution in [2.24, 2.45) is 0 Å². The lowest BCUT2D eigenvalue weighted by molar-refractivity contribution is 0.0897. The van der Waals surface area contributed by atoms with Crippen LogP contribution in [0.5, 0.6) is 0 Å². The zero-order chi connectivity index (χ0) is 15.2. The second kappa shape index (κ2) is 8.14. The van der Waals surface area contributed by atoms with Crippen LogP contribution in [-0.4, -0.2) is 41.5 Å². The lowest BCUT2D eigenvalue weighted by Crippen LogP contribution is -2.41. The Morgan fingerprint density at radius 2 is 2.14 bits per heavy atom. The van der Waals surface area contributed by atoms with E-state index in [1.807, 2.05) is 0 Å². The molecule has 0 spiro atoms. The van der Waals surface area contributed by atoms with E-state index in [0.29, 0.717) is 34.6 Å².